The molecule has 2 atom stereocenters. The maximum atomic E-state index is 13.4. The predicted molar refractivity (Wildman–Crippen MR) is 65.1 cm³/mol. The van der Waals surface area contributed by atoms with E-state index in [0.717, 1.165) is 12.5 Å². The Hall–Kier alpha value is -0.980. The lowest BCUT2D eigenvalue weighted by Gasteiger charge is -2.15. The van der Waals surface area contributed by atoms with E-state index in [-0.39, 0.29) is 23.5 Å². The monoisotopic (exact) mass is 273 g/mol. The zero-order valence-electron chi connectivity index (χ0n) is 10.1. The molecule has 0 spiro atoms. The molecule has 1 aliphatic rings. The summed E-state index contributed by atoms with van der Waals surface area (Å²) in [4.78, 5) is -0.309. The minimum Gasteiger partial charge on any atom is -0.378 e. The third-order valence-electron chi connectivity index (χ3n) is 3.19. The fraction of sp³-hybridized carbons (Fsp3) is 0.500. The van der Waals surface area contributed by atoms with Gasteiger partial charge >= 0.3 is 0 Å². The molecule has 100 valence electrons. The molecule has 2 rings (SSSR count). The average molecular weight is 273 g/mol. The van der Waals surface area contributed by atoms with Crippen molar-refractivity contribution in [3.63, 3.8) is 0 Å². The second kappa shape index (κ2) is 5.34. The Morgan fingerprint density at radius 3 is 2.78 bits per heavy atom. The van der Waals surface area contributed by atoms with Crippen LogP contribution in [0.5, 0.6) is 0 Å². The van der Waals surface area contributed by atoms with Crippen molar-refractivity contribution in [2.75, 3.05) is 13.2 Å². The highest BCUT2D eigenvalue weighted by molar-refractivity contribution is 7.89. The molecule has 1 heterocycles. The van der Waals surface area contributed by atoms with E-state index in [0.29, 0.717) is 6.61 Å². The van der Waals surface area contributed by atoms with E-state index in [4.69, 9.17) is 4.74 Å². The predicted octanol–water partition coefficient (Wildman–Crippen LogP) is 1.53. The van der Waals surface area contributed by atoms with Crippen LogP contribution >= 0.6 is 0 Å². The van der Waals surface area contributed by atoms with Crippen LogP contribution in [0.1, 0.15) is 13.3 Å². The Kier molecular flexibility index (Phi) is 3.99. The van der Waals surface area contributed by atoms with Gasteiger partial charge in [-0.25, -0.2) is 17.5 Å². The Balaban J connectivity index is 2.06. The van der Waals surface area contributed by atoms with Crippen LogP contribution < -0.4 is 4.72 Å². The number of hydrogen-bond acceptors (Lipinski definition) is 3. The molecule has 0 aliphatic carbocycles. The highest BCUT2D eigenvalue weighted by Crippen LogP contribution is 2.20. The zero-order chi connectivity index (χ0) is 13.2. The van der Waals surface area contributed by atoms with Gasteiger partial charge in [0.2, 0.25) is 10.0 Å². The van der Waals surface area contributed by atoms with Gasteiger partial charge in [0.15, 0.2) is 0 Å². The fourth-order valence-corrected chi connectivity index (χ4v) is 3.17. The summed E-state index contributed by atoms with van der Waals surface area (Å²) < 4.78 is 45.1. The van der Waals surface area contributed by atoms with Crippen LogP contribution in [0.25, 0.3) is 0 Å². The van der Waals surface area contributed by atoms with Crippen molar-refractivity contribution in [3.05, 3.63) is 30.1 Å². The minimum absolute atomic E-state index is 0.0355. The number of rotatable bonds is 4. The van der Waals surface area contributed by atoms with Crippen molar-refractivity contribution in [3.8, 4) is 0 Å². The molecule has 0 amide bonds. The zero-order valence-corrected chi connectivity index (χ0v) is 10.9. The molecule has 0 radical (unpaired) electrons. The van der Waals surface area contributed by atoms with E-state index in [1.165, 1.54) is 18.2 Å². The molecule has 0 aromatic heterocycles. The molecule has 6 heteroatoms. The first-order chi connectivity index (χ1) is 8.50. The summed E-state index contributed by atoms with van der Waals surface area (Å²) in [5.74, 6) is -0.590. The third kappa shape index (κ3) is 2.88. The first-order valence-electron chi connectivity index (χ1n) is 5.86. The maximum Gasteiger partial charge on any atom is 0.243 e. The quantitative estimate of drug-likeness (QED) is 0.905. The summed E-state index contributed by atoms with van der Waals surface area (Å²) in [6.45, 7) is 2.83. The number of ether oxygens (including phenoxy) is 1. The summed E-state index contributed by atoms with van der Waals surface area (Å²) in [5, 5.41) is 0. The van der Waals surface area contributed by atoms with Crippen LogP contribution in [-0.2, 0) is 14.8 Å². The highest BCUT2D eigenvalue weighted by Gasteiger charge is 2.26. The molecule has 4 nitrogen and oxygen atoms in total. The molecule has 18 heavy (non-hydrogen) atoms. The molecular formula is C12H16FNO3S. The lowest BCUT2D eigenvalue weighted by Crippen LogP contribution is -2.32. The van der Waals surface area contributed by atoms with Gasteiger partial charge in [0, 0.05) is 19.1 Å². The standard InChI is InChI=1S/C12H16FNO3S/c1-9-10(6-7-17-9)8-14-18(15,16)12-5-3-2-4-11(12)13/h2-5,9-10,14H,6-8H2,1H3. The number of hydrogen-bond donors (Lipinski definition) is 1. The van der Waals surface area contributed by atoms with E-state index < -0.39 is 15.8 Å². The van der Waals surface area contributed by atoms with Crippen molar-refractivity contribution in [1.29, 1.82) is 0 Å². The first kappa shape index (κ1) is 13.5. The van der Waals surface area contributed by atoms with E-state index in [1.54, 1.807) is 0 Å². The topological polar surface area (TPSA) is 55.4 Å². The van der Waals surface area contributed by atoms with Gasteiger partial charge in [0.05, 0.1) is 6.10 Å². The smallest absolute Gasteiger partial charge is 0.243 e. The molecule has 1 fully saturated rings. The minimum atomic E-state index is -3.78. The molecule has 1 aliphatic heterocycles. The van der Waals surface area contributed by atoms with Gasteiger partial charge < -0.3 is 4.74 Å². The first-order valence-corrected chi connectivity index (χ1v) is 7.35. The van der Waals surface area contributed by atoms with Crippen molar-refractivity contribution in [2.45, 2.75) is 24.3 Å². The molecule has 0 bridgehead atoms. The van der Waals surface area contributed by atoms with Gasteiger partial charge in [-0.3, -0.25) is 0 Å². The highest BCUT2D eigenvalue weighted by atomic mass is 32.2. The molecule has 2 unspecified atom stereocenters. The Labute approximate surface area is 106 Å². The van der Waals surface area contributed by atoms with Crippen LogP contribution in [0.2, 0.25) is 0 Å². The van der Waals surface area contributed by atoms with Gasteiger partial charge in [-0.2, -0.15) is 0 Å². The summed E-state index contributed by atoms with van der Waals surface area (Å²) in [6, 6.07) is 5.35. The fourth-order valence-electron chi connectivity index (χ4n) is 2.00. The van der Waals surface area contributed by atoms with Gasteiger partial charge in [-0.15, -0.1) is 0 Å². The van der Waals surface area contributed by atoms with Crippen molar-refractivity contribution < 1.29 is 17.5 Å². The van der Waals surface area contributed by atoms with Crippen LogP contribution in [0, 0.1) is 11.7 Å². The SMILES string of the molecule is CC1OCCC1CNS(=O)(=O)c1ccccc1F. The van der Waals surface area contributed by atoms with Gasteiger partial charge in [0.1, 0.15) is 10.7 Å². The van der Waals surface area contributed by atoms with E-state index in [9.17, 15) is 12.8 Å². The molecule has 1 N–H and O–H groups in total. The summed E-state index contributed by atoms with van der Waals surface area (Å²) in [7, 11) is -3.78. The number of sulfonamides is 1. The van der Waals surface area contributed by atoms with Crippen LogP contribution in [-0.4, -0.2) is 27.7 Å². The normalized spacial score (nSPS) is 24.3. The summed E-state index contributed by atoms with van der Waals surface area (Å²) in [6.07, 6.45) is 0.856. The van der Waals surface area contributed by atoms with Gasteiger partial charge in [-0.1, -0.05) is 12.1 Å². The molecular weight excluding hydrogens is 257 g/mol. The van der Waals surface area contributed by atoms with Gasteiger partial charge in [0.25, 0.3) is 0 Å². The van der Waals surface area contributed by atoms with Gasteiger partial charge in [-0.05, 0) is 25.5 Å². The molecule has 1 saturated heterocycles. The Morgan fingerprint density at radius 1 is 1.44 bits per heavy atom. The summed E-state index contributed by atoms with van der Waals surface area (Å²) >= 11 is 0. The Morgan fingerprint density at radius 2 is 2.17 bits per heavy atom. The van der Waals surface area contributed by atoms with Crippen LogP contribution in [0.3, 0.4) is 0 Å². The molecule has 1 aromatic carbocycles. The van der Waals surface area contributed by atoms with E-state index >= 15 is 0 Å². The molecule has 0 saturated carbocycles. The maximum absolute atomic E-state index is 13.4. The molecule has 1 aromatic rings. The van der Waals surface area contributed by atoms with E-state index in [2.05, 4.69) is 4.72 Å². The lowest BCUT2D eigenvalue weighted by molar-refractivity contribution is 0.107. The lowest BCUT2D eigenvalue weighted by atomic mass is 10.0. The Bertz CT molecular complexity index is 518. The third-order valence-corrected chi connectivity index (χ3v) is 4.65. The number of halogens is 1. The average Bonchev–Trinajstić information content (AvgIpc) is 2.73. The van der Waals surface area contributed by atoms with Crippen molar-refractivity contribution in [2.24, 2.45) is 5.92 Å². The van der Waals surface area contributed by atoms with Crippen LogP contribution in [0.15, 0.2) is 29.2 Å². The van der Waals surface area contributed by atoms with Crippen molar-refractivity contribution >= 4 is 10.0 Å². The van der Waals surface area contributed by atoms with Crippen molar-refractivity contribution in [1.82, 2.24) is 4.72 Å². The second-order valence-corrected chi connectivity index (χ2v) is 6.14. The summed E-state index contributed by atoms with van der Waals surface area (Å²) in [5.41, 5.74) is 0. The number of nitrogens with one attached hydrogen (secondary N) is 1. The second-order valence-electron chi connectivity index (χ2n) is 4.41. The number of benzene rings is 1. The van der Waals surface area contributed by atoms with Crippen LogP contribution in [0.4, 0.5) is 4.39 Å². The van der Waals surface area contributed by atoms with E-state index in [1.807, 2.05) is 6.92 Å². The largest absolute Gasteiger partial charge is 0.378 e.